The number of nitrogens with zero attached hydrogens (tertiary/aromatic N) is 3. The summed E-state index contributed by atoms with van der Waals surface area (Å²) in [5.41, 5.74) is 0.685. The molecule has 1 fully saturated rings. The minimum absolute atomic E-state index is 0.00129. The standard InChI is InChI=1S/C22H25N3O3S/c1-24(14-17-10-7-13-28-17)20(26)15-29-22-23-19-12-6-5-11-18(19)21(27)25(22)16-8-3-2-4-9-16/h5-7,10-13,16H,2-4,8-9,14-15H2,1H3. The molecule has 0 aliphatic heterocycles. The predicted molar refractivity (Wildman–Crippen MR) is 114 cm³/mol. The Kier molecular flexibility index (Phi) is 6.04. The van der Waals surface area contributed by atoms with Crippen LogP contribution in [-0.2, 0) is 11.3 Å². The van der Waals surface area contributed by atoms with Crippen LogP contribution in [0.2, 0.25) is 0 Å². The first-order chi connectivity index (χ1) is 14.1. The van der Waals surface area contributed by atoms with Crippen LogP contribution in [-0.4, -0.2) is 33.2 Å². The highest BCUT2D eigenvalue weighted by molar-refractivity contribution is 7.99. The Bertz CT molecular complexity index is 1040. The van der Waals surface area contributed by atoms with Crippen LogP contribution < -0.4 is 5.56 Å². The van der Waals surface area contributed by atoms with Gasteiger partial charge in [0.1, 0.15) is 5.76 Å². The molecule has 4 rings (SSSR count). The lowest BCUT2D eigenvalue weighted by molar-refractivity contribution is -0.127. The minimum atomic E-state index is -0.0241. The number of amides is 1. The van der Waals surface area contributed by atoms with Gasteiger partial charge in [-0.3, -0.25) is 14.2 Å². The molecule has 1 saturated carbocycles. The largest absolute Gasteiger partial charge is 0.467 e. The van der Waals surface area contributed by atoms with Gasteiger partial charge in [0.25, 0.3) is 5.56 Å². The number of benzene rings is 1. The van der Waals surface area contributed by atoms with E-state index in [4.69, 9.17) is 9.40 Å². The summed E-state index contributed by atoms with van der Waals surface area (Å²) in [6.07, 6.45) is 7.03. The van der Waals surface area contributed by atoms with Crippen molar-refractivity contribution in [2.24, 2.45) is 0 Å². The molecule has 0 unspecified atom stereocenters. The summed E-state index contributed by atoms with van der Waals surface area (Å²) in [4.78, 5) is 32.3. The van der Waals surface area contributed by atoms with Crippen LogP contribution in [0.5, 0.6) is 0 Å². The molecule has 6 nitrogen and oxygen atoms in total. The van der Waals surface area contributed by atoms with E-state index in [0.29, 0.717) is 22.6 Å². The smallest absolute Gasteiger partial charge is 0.262 e. The molecule has 0 atom stereocenters. The van der Waals surface area contributed by atoms with Crippen molar-refractivity contribution in [1.82, 2.24) is 14.5 Å². The van der Waals surface area contributed by atoms with Crippen molar-refractivity contribution in [2.75, 3.05) is 12.8 Å². The highest BCUT2D eigenvalue weighted by Gasteiger charge is 2.23. The van der Waals surface area contributed by atoms with Gasteiger partial charge in [0.05, 0.1) is 29.5 Å². The second kappa shape index (κ2) is 8.86. The molecular weight excluding hydrogens is 386 g/mol. The molecule has 0 bridgehead atoms. The summed E-state index contributed by atoms with van der Waals surface area (Å²) >= 11 is 1.35. The number of carbonyl (C=O) groups is 1. The summed E-state index contributed by atoms with van der Waals surface area (Å²) in [7, 11) is 1.76. The summed E-state index contributed by atoms with van der Waals surface area (Å²) < 4.78 is 7.16. The number of furan rings is 1. The predicted octanol–water partition coefficient (Wildman–Crippen LogP) is 4.25. The molecule has 7 heteroatoms. The Balaban J connectivity index is 1.58. The number of rotatable bonds is 6. The number of thioether (sulfide) groups is 1. The summed E-state index contributed by atoms with van der Waals surface area (Å²) in [5.74, 6) is 0.951. The Morgan fingerprint density at radius 3 is 2.76 bits per heavy atom. The molecule has 1 amide bonds. The third-order valence-electron chi connectivity index (χ3n) is 5.44. The van der Waals surface area contributed by atoms with Crippen LogP contribution in [0.3, 0.4) is 0 Å². The number of aromatic nitrogens is 2. The van der Waals surface area contributed by atoms with Gasteiger partial charge in [-0.1, -0.05) is 43.2 Å². The molecule has 0 N–H and O–H groups in total. The number of hydrogen-bond donors (Lipinski definition) is 0. The molecule has 29 heavy (non-hydrogen) atoms. The Labute approximate surface area is 173 Å². The second-order valence-electron chi connectivity index (χ2n) is 7.50. The third kappa shape index (κ3) is 4.40. The zero-order valence-electron chi connectivity index (χ0n) is 16.5. The first-order valence-electron chi connectivity index (χ1n) is 10.0. The van der Waals surface area contributed by atoms with Crippen LogP contribution >= 0.6 is 11.8 Å². The monoisotopic (exact) mass is 411 g/mol. The van der Waals surface area contributed by atoms with E-state index in [2.05, 4.69) is 0 Å². The Morgan fingerprint density at radius 2 is 2.00 bits per heavy atom. The molecule has 1 aromatic carbocycles. The molecule has 0 radical (unpaired) electrons. The number of fused-ring (bicyclic) bond motifs is 1. The molecule has 3 aromatic rings. The third-order valence-corrected chi connectivity index (χ3v) is 6.38. The van der Waals surface area contributed by atoms with Crippen LogP contribution in [0.1, 0.15) is 43.9 Å². The normalized spacial score (nSPS) is 14.9. The van der Waals surface area contributed by atoms with Gasteiger partial charge < -0.3 is 9.32 Å². The molecule has 1 aliphatic rings. The van der Waals surface area contributed by atoms with E-state index in [9.17, 15) is 9.59 Å². The van der Waals surface area contributed by atoms with Crippen molar-refractivity contribution in [3.8, 4) is 0 Å². The van der Waals surface area contributed by atoms with Gasteiger partial charge in [-0.25, -0.2) is 4.98 Å². The van der Waals surface area contributed by atoms with Gasteiger partial charge in [-0.15, -0.1) is 0 Å². The summed E-state index contributed by atoms with van der Waals surface area (Å²) in [6, 6.07) is 11.3. The molecule has 2 aromatic heterocycles. The molecular formula is C22H25N3O3S. The van der Waals surface area contributed by atoms with Crippen molar-refractivity contribution >= 4 is 28.6 Å². The van der Waals surface area contributed by atoms with E-state index in [0.717, 1.165) is 31.4 Å². The lowest BCUT2D eigenvalue weighted by Gasteiger charge is -2.26. The van der Waals surface area contributed by atoms with Crippen molar-refractivity contribution in [3.05, 3.63) is 58.8 Å². The SMILES string of the molecule is CN(Cc1ccco1)C(=O)CSc1nc2ccccc2c(=O)n1C1CCCCC1. The van der Waals surface area contributed by atoms with Crippen LogP contribution in [0, 0.1) is 0 Å². The maximum atomic E-state index is 13.2. The topological polar surface area (TPSA) is 68.3 Å². The molecule has 2 heterocycles. The Hall–Kier alpha value is -2.54. The van der Waals surface area contributed by atoms with Crippen molar-refractivity contribution in [1.29, 1.82) is 0 Å². The minimum Gasteiger partial charge on any atom is -0.467 e. The number of para-hydroxylation sites is 1. The lowest BCUT2D eigenvalue weighted by Crippen LogP contribution is -2.30. The molecule has 1 aliphatic carbocycles. The molecule has 0 spiro atoms. The highest BCUT2D eigenvalue weighted by atomic mass is 32.2. The number of carbonyl (C=O) groups excluding carboxylic acids is 1. The van der Waals surface area contributed by atoms with Gasteiger partial charge in [0.15, 0.2) is 5.16 Å². The van der Waals surface area contributed by atoms with Gasteiger partial charge in [-0.2, -0.15) is 0 Å². The van der Waals surface area contributed by atoms with Crippen molar-refractivity contribution in [3.63, 3.8) is 0 Å². The highest BCUT2D eigenvalue weighted by Crippen LogP contribution is 2.31. The number of hydrogen-bond acceptors (Lipinski definition) is 5. The quantitative estimate of drug-likeness (QED) is 0.448. The first-order valence-corrected chi connectivity index (χ1v) is 11.0. The average Bonchev–Trinajstić information content (AvgIpc) is 3.25. The zero-order chi connectivity index (χ0) is 20.2. The maximum Gasteiger partial charge on any atom is 0.262 e. The van der Waals surface area contributed by atoms with Crippen LogP contribution in [0.15, 0.2) is 57.0 Å². The van der Waals surface area contributed by atoms with Gasteiger partial charge in [-0.05, 0) is 37.1 Å². The van der Waals surface area contributed by atoms with Crippen molar-refractivity contribution < 1.29 is 9.21 Å². The van der Waals surface area contributed by atoms with Crippen LogP contribution in [0.25, 0.3) is 10.9 Å². The second-order valence-corrected chi connectivity index (χ2v) is 8.44. The van der Waals surface area contributed by atoms with E-state index in [1.165, 1.54) is 18.2 Å². The fourth-order valence-electron chi connectivity index (χ4n) is 3.85. The van der Waals surface area contributed by atoms with Crippen LogP contribution in [0.4, 0.5) is 0 Å². The van der Waals surface area contributed by atoms with E-state index in [1.54, 1.807) is 18.2 Å². The van der Waals surface area contributed by atoms with Gasteiger partial charge in [0.2, 0.25) is 5.91 Å². The fourth-order valence-corrected chi connectivity index (χ4v) is 4.86. The summed E-state index contributed by atoms with van der Waals surface area (Å²) in [5, 5.41) is 1.28. The Morgan fingerprint density at radius 1 is 1.21 bits per heavy atom. The lowest BCUT2D eigenvalue weighted by atomic mass is 9.95. The van der Waals surface area contributed by atoms with E-state index in [-0.39, 0.29) is 23.3 Å². The first kappa shape index (κ1) is 19.8. The summed E-state index contributed by atoms with van der Waals surface area (Å²) in [6.45, 7) is 0.424. The van der Waals surface area contributed by atoms with E-state index >= 15 is 0 Å². The van der Waals surface area contributed by atoms with Gasteiger partial charge in [0, 0.05) is 13.1 Å². The zero-order valence-corrected chi connectivity index (χ0v) is 17.4. The fraction of sp³-hybridized carbons (Fsp3) is 0.409. The molecule has 152 valence electrons. The maximum absolute atomic E-state index is 13.2. The van der Waals surface area contributed by atoms with E-state index in [1.807, 2.05) is 41.0 Å². The van der Waals surface area contributed by atoms with Crippen molar-refractivity contribution in [2.45, 2.75) is 49.8 Å². The molecule has 0 saturated heterocycles. The van der Waals surface area contributed by atoms with E-state index < -0.39 is 0 Å². The average molecular weight is 412 g/mol. The van der Waals surface area contributed by atoms with Gasteiger partial charge >= 0.3 is 0 Å².